The van der Waals surface area contributed by atoms with Gasteiger partial charge < -0.3 is 14.4 Å². The molecule has 0 radical (unpaired) electrons. The Morgan fingerprint density at radius 2 is 1.69 bits per heavy atom. The van der Waals surface area contributed by atoms with Crippen LogP contribution >= 0.6 is 0 Å². The number of carbonyl (C=O) groups is 2. The zero-order valence-corrected chi connectivity index (χ0v) is 14.5. The van der Waals surface area contributed by atoms with Crippen LogP contribution in [0.2, 0.25) is 0 Å². The first kappa shape index (κ1) is 19.2. The van der Waals surface area contributed by atoms with Gasteiger partial charge in [0.25, 0.3) is 0 Å². The summed E-state index contributed by atoms with van der Waals surface area (Å²) in [6.45, 7) is -0.0310. The van der Waals surface area contributed by atoms with Gasteiger partial charge in [-0.1, -0.05) is 12.1 Å². The third kappa shape index (κ3) is 4.69. The van der Waals surface area contributed by atoms with Gasteiger partial charge in [0.15, 0.2) is 11.6 Å². The molecule has 138 valence electrons. The Hall–Kier alpha value is -3.16. The summed E-state index contributed by atoms with van der Waals surface area (Å²) in [5.74, 6) is -3.36. The standard InChI is InChI=1S/C18H18F2N2O4/c1-22(2)12-6-4-11(5-7-12)10-26-18(24)21-16-9-15(20)14(19)8-13(16)17(23)25-3/h4-9H,10H2,1-3H3,(H,21,24). The highest BCUT2D eigenvalue weighted by Gasteiger charge is 2.18. The first-order valence-electron chi connectivity index (χ1n) is 7.59. The predicted molar refractivity (Wildman–Crippen MR) is 92.3 cm³/mol. The summed E-state index contributed by atoms with van der Waals surface area (Å²) in [6, 6.07) is 8.65. The largest absolute Gasteiger partial charge is 0.465 e. The van der Waals surface area contributed by atoms with Crippen molar-refractivity contribution in [2.75, 3.05) is 31.4 Å². The fraction of sp³-hybridized carbons (Fsp3) is 0.222. The minimum atomic E-state index is -1.23. The number of anilines is 2. The molecule has 0 fully saturated rings. The molecule has 2 aromatic carbocycles. The van der Waals surface area contributed by atoms with Crippen LogP contribution in [0.25, 0.3) is 0 Å². The third-order valence-electron chi connectivity index (χ3n) is 3.53. The van der Waals surface area contributed by atoms with E-state index in [0.29, 0.717) is 12.1 Å². The van der Waals surface area contributed by atoms with E-state index in [2.05, 4.69) is 10.1 Å². The number of esters is 1. The van der Waals surface area contributed by atoms with Crippen molar-refractivity contribution in [2.24, 2.45) is 0 Å². The van der Waals surface area contributed by atoms with E-state index in [1.807, 2.05) is 31.1 Å². The Morgan fingerprint density at radius 1 is 1.08 bits per heavy atom. The monoisotopic (exact) mass is 364 g/mol. The van der Waals surface area contributed by atoms with Crippen LogP contribution in [-0.2, 0) is 16.1 Å². The molecule has 8 heteroatoms. The SMILES string of the molecule is COC(=O)c1cc(F)c(F)cc1NC(=O)OCc1ccc(N(C)C)cc1. The molecule has 0 bridgehead atoms. The zero-order chi connectivity index (χ0) is 19.3. The fourth-order valence-electron chi connectivity index (χ4n) is 2.11. The van der Waals surface area contributed by atoms with Gasteiger partial charge in [-0.25, -0.2) is 18.4 Å². The van der Waals surface area contributed by atoms with Crippen molar-refractivity contribution in [3.8, 4) is 0 Å². The molecule has 6 nitrogen and oxygen atoms in total. The maximum atomic E-state index is 13.4. The Labute approximate surface area is 149 Å². The Bertz CT molecular complexity index is 808. The lowest BCUT2D eigenvalue weighted by Crippen LogP contribution is -2.17. The molecular formula is C18H18F2N2O4. The zero-order valence-electron chi connectivity index (χ0n) is 14.5. The molecule has 2 aromatic rings. The molecule has 0 unspecified atom stereocenters. The highest BCUT2D eigenvalue weighted by atomic mass is 19.2. The van der Waals surface area contributed by atoms with E-state index < -0.39 is 23.7 Å². The van der Waals surface area contributed by atoms with Crippen molar-refractivity contribution in [3.05, 3.63) is 59.2 Å². The second-order valence-electron chi connectivity index (χ2n) is 5.57. The van der Waals surface area contributed by atoms with Gasteiger partial charge >= 0.3 is 12.1 Å². The van der Waals surface area contributed by atoms with E-state index >= 15 is 0 Å². The quantitative estimate of drug-likeness (QED) is 0.822. The van der Waals surface area contributed by atoms with E-state index in [0.717, 1.165) is 18.4 Å². The Kier molecular flexibility index (Phi) is 6.11. The topological polar surface area (TPSA) is 67.9 Å². The van der Waals surface area contributed by atoms with Crippen LogP contribution in [0.5, 0.6) is 0 Å². The lowest BCUT2D eigenvalue weighted by molar-refractivity contribution is 0.0601. The van der Waals surface area contributed by atoms with E-state index in [1.165, 1.54) is 0 Å². The number of benzene rings is 2. The maximum absolute atomic E-state index is 13.4. The number of ether oxygens (including phenoxy) is 2. The van der Waals surface area contributed by atoms with Gasteiger partial charge in [0, 0.05) is 25.8 Å². The molecule has 26 heavy (non-hydrogen) atoms. The van der Waals surface area contributed by atoms with E-state index in [9.17, 15) is 18.4 Å². The highest BCUT2D eigenvalue weighted by Crippen LogP contribution is 2.21. The molecule has 0 heterocycles. The third-order valence-corrected chi connectivity index (χ3v) is 3.53. The van der Waals surface area contributed by atoms with Crippen LogP contribution in [0.3, 0.4) is 0 Å². The number of halogens is 2. The van der Waals surface area contributed by atoms with Gasteiger partial charge in [0.05, 0.1) is 18.4 Å². The first-order valence-corrected chi connectivity index (χ1v) is 7.59. The van der Waals surface area contributed by atoms with E-state index in [1.54, 1.807) is 12.1 Å². The minimum Gasteiger partial charge on any atom is -0.465 e. The summed E-state index contributed by atoms with van der Waals surface area (Å²) in [6.07, 6.45) is -0.919. The summed E-state index contributed by atoms with van der Waals surface area (Å²) in [5.41, 5.74) is 1.16. The van der Waals surface area contributed by atoms with Gasteiger partial charge in [-0.3, -0.25) is 5.32 Å². The lowest BCUT2D eigenvalue weighted by atomic mass is 10.1. The average molecular weight is 364 g/mol. The van der Waals surface area contributed by atoms with E-state index in [4.69, 9.17) is 4.74 Å². The predicted octanol–water partition coefficient (Wildman–Crippen LogP) is 3.57. The molecule has 0 aromatic heterocycles. The second-order valence-corrected chi connectivity index (χ2v) is 5.57. The van der Waals surface area contributed by atoms with Crippen LogP contribution in [-0.4, -0.2) is 33.3 Å². The van der Waals surface area contributed by atoms with Crippen molar-refractivity contribution in [2.45, 2.75) is 6.61 Å². The summed E-state index contributed by atoms with van der Waals surface area (Å²) >= 11 is 0. The van der Waals surface area contributed by atoms with Crippen molar-refractivity contribution < 1.29 is 27.8 Å². The van der Waals surface area contributed by atoms with Crippen molar-refractivity contribution in [1.82, 2.24) is 0 Å². The normalized spacial score (nSPS) is 10.2. The van der Waals surface area contributed by atoms with Gasteiger partial charge in [-0.05, 0) is 23.8 Å². The van der Waals surface area contributed by atoms with Gasteiger partial charge in [0.1, 0.15) is 6.61 Å². The molecule has 2 rings (SSSR count). The van der Waals surface area contributed by atoms with Crippen LogP contribution in [0.15, 0.2) is 36.4 Å². The number of hydrogen-bond acceptors (Lipinski definition) is 5. The minimum absolute atomic E-state index is 0.0310. The van der Waals surface area contributed by atoms with Crippen LogP contribution in [0.1, 0.15) is 15.9 Å². The smallest absolute Gasteiger partial charge is 0.411 e. The molecule has 0 atom stereocenters. The van der Waals surface area contributed by atoms with Crippen molar-refractivity contribution in [1.29, 1.82) is 0 Å². The fourth-order valence-corrected chi connectivity index (χ4v) is 2.11. The number of nitrogens with zero attached hydrogens (tertiary/aromatic N) is 1. The molecule has 1 N–H and O–H groups in total. The van der Waals surface area contributed by atoms with Crippen LogP contribution in [0.4, 0.5) is 25.0 Å². The van der Waals surface area contributed by atoms with Crippen LogP contribution < -0.4 is 10.2 Å². The number of rotatable bonds is 5. The summed E-state index contributed by atoms with van der Waals surface area (Å²) in [7, 11) is 4.89. The van der Waals surface area contributed by atoms with Crippen molar-refractivity contribution in [3.63, 3.8) is 0 Å². The maximum Gasteiger partial charge on any atom is 0.411 e. The lowest BCUT2D eigenvalue weighted by Gasteiger charge is -2.13. The van der Waals surface area contributed by atoms with Gasteiger partial charge in [-0.15, -0.1) is 0 Å². The molecule has 1 amide bonds. The molecule has 0 aliphatic heterocycles. The number of amides is 1. The number of methoxy groups -OCH3 is 1. The van der Waals surface area contributed by atoms with Crippen LogP contribution in [0, 0.1) is 11.6 Å². The summed E-state index contributed by atoms with van der Waals surface area (Å²) in [4.78, 5) is 25.5. The summed E-state index contributed by atoms with van der Waals surface area (Å²) < 4.78 is 36.3. The van der Waals surface area contributed by atoms with Gasteiger partial charge in [-0.2, -0.15) is 0 Å². The molecule has 0 spiro atoms. The summed E-state index contributed by atoms with van der Waals surface area (Å²) in [5, 5.41) is 2.22. The first-order chi connectivity index (χ1) is 12.3. The molecule has 0 saturated carbocycles. The number of hydrogen-bond donors (Lipinski definition) is 1. The van der Waals surface area contributed by atoms with E-state index in [-0.39, 0.29) is 17.9 Å². The average Bonchev–Trinajstić information content (AvgIpc) is 2.62. The molecular weight excluding hydrogens is 346 g/mol. The Balaban J connectivity index is 2.05. The van der Waals surface area contributed by atoms with Crippen molar-refractivity contribution >= 4 is 23.4 Å². The molecule has 0 saturated heterocycles. The molecule has 0 aliphatic carbocycles. The van der Waals surface area contributed by atoms with Gasteiger partial charge in [0.2, 0.25) is 0 Å². The Morgan fingerprint density at radius 3 is 2.27 bits per heavy atom. The number of carbonyl (C=O) groups excluding carboxylic acids is 2. The second kappa shape index (κ2) is 8.28. The number of nitrogens with one attached hydrogen (secondary N) is 1. The highest BCUT2D eigenvalue weighted by molar-refractivity contribution is 5.99. The molecule has 0 aliphatic rings.